The van der Waals surface area contributed by atoms with Gasteiger partial charge < -0.3 is 5.32 Å². The van der Waals surface area contributed by atoms with Crippen LogP contribution >= 0.6 is 0 Å². The predicted octanol–water partition coefficient (Wildman–Crippen LogP) is 3.28. The Morgan fingerprint density at radius 1 is 0.962 bits per heavy atom. The third-order valence-electron chi connectivity index (χ3n) is 3.85. The lowest BCUT2D eigenvalue weighted by Gasteiger charge is -2.19. The number of hydrogen-bond acceptors (Lipinski definition) is 5. The van der Waals surface area contributed by atoms with Crippen molar-refractivity contribution in [3.05, 3.63) is 64.2 Å². The molecule has 0 fully saturated rings. The predicted molar refractivity (Wildman–Crippen MR) is 102 cm³/mol. The molecule has 0 bridgehead atoms. The fourth-order valence-electron chi connectivity index (χ4n) is 2.31. The number of non-ortho nitro benzene ring substituents is 1. The minimum atomic E-state index is -3.57. The quantitative estimate of drug-likeness (QED) is 0.438. The molecule has 2 rings (SSSR count). The number of nitro benzene ring substituents is 1. The van der Waals surface area contributed by atoms with E-state index in [1.807, 2.05) is 12.1 Å². The van der Waals surface area contributed by atoms with E-state index in [4.69, 9.17) is 0 Å². The summed E-state index contributed by atoms with van der Waals surface area (Å²) in [5.74, 6) is 0. The summed E-state index contributed by atoms with van der Waals surface area (Å²) in [5, 5.41) is 13.6. The Morgan fingerprint density at radius 3 is 2.04 bits per heavy atom. The second-order valence-corrected chi connectivity index (χ2v) is 8.67. The van der Waals surface area contributed by atoms with Gasteiger partial charge in [0.25, 0.3) is 5.69 Å². The van der Waals surface area contributed by atoms with Crippen LogP contribution in [0.15, 0.2) is 53.4 Å². The third kappa shape index (κ3) is 5.27. The van der Waals surface area contributed by atoms with Crippen molar-refractivity contribution in [2.24, 2.45) is 0 Å². The number of nitrogens with zero attached hydrogens (tertiary/aromatic N) is 1. The fourth-order valence-corrected chi connectivity index (χ4v) is 3.34. The molecule has 0 aliphatic carbocycles. The maximum atomic E-state index is 12.3. The van der Waals surface area contributed by atoms with Gasteiger partial charge >= 0.3 is 0 Å². The normalized spacial score (nSPS) is 12.0. The molecule has 0 aliphatic rings. The highest BCUT2D eigenvalue weighted by Crippen LogP contribution is 2.23. The van der Waals surface area contributed by atoms with E-state index in [1.54, 1.807) is 24.3 Å². The first kappa shape index (κ1) is 19.9. The highest BCUT2D eigenvalue weighted by molar-refractivity contribution is 7.89. The number of sulfonamides is 1. The van der Waals surface area contributed by atoms with Crippen LogP contribution in [0.25, 0.3) is 0 Å². The highest BCUT2D eigenvalue weighted by Gasteiger charge is 2.17. The smallest absolute Gasteiger partial charge is 0.269 e. The van der Waals surface area contributed by atoms with E-state index in [1.165, 1.54) is 12.1 Å². The maximum absolute atomic E-state index is 12.3. The number of nitro groups is 1. The summed E-state index contributed by atoms with van der Waals surface area (Å²) in [6.45, 7) is 6.76. The Bertz CT molecular complexity index is 855. The van der Waals surface area contributed by atoms with Crippen LogP contribution in [0, 0.1) is 10.1 Å². The Balaban J connectivity index is 1.89. The van der Waals surface area contributed by atoms with E-state index in [9.17, 15) is 18.5 Å². The zero-order valence-electron chi connectivity index (χ0n) is 15.0. The lowest BCUT2D eigenvalue weighted by molar-refractivity contribution is -0.384. The van der Waals surface area contributed by atoms with Crippen molar-refractivity contribution in [1.82, 2.24) is 4.72 Å². The van der Waals surface area contributed by atoms with E-state index in [0.29, 0.717) is 12.2 Å². The summed E-state index contributed by atoms with van der Waals surface area (Å²) in [4.78, 5) is 10.4. The molecule has 2 aromatic rings. The van der Waals surface area contributed by atoms with Gasteiger partial charge in [-0.1, -0.05) is 32.9 Å². The highest BCUT2D eigenvalue weighted by atomic mass is 32.2. The van der Waals surface area contributed by atoms with E-state index >= 15 is 0 Å². The first-order valence-corrected chi connectivity index (χ1v) is 9.66. The van der Waals surface area contributed by atoms with Crippen molar-refractivity contribution in [3.63, 3.8) is 0 Å². The van der Waals surface area contributed by atoms with Crippen LogP contribution in [0.4, 0.5) is 11.4 Å². The molecule has 8 heteroatoms. The SMILES string of the molecule is CC(C)(C)c1ccc(S(=O)(=O)NCCNc2ccc([N+](=O)[O-])cc2)cc1. The van der Waals surface area contributed by atoms with Crippen LogP contribution in [0.2, 0.25) is 0 Å². The lowest BCUT2D eigenvalue weighted by Crippen LogP contribution is -2.29. The number of anilines is 1. The average molecular weight is 377 g/mol. The van der Waals surface area contributed by atoms with Gasteiger partial charge in [0, 0.05) is 30.9 Å². The Labute approximate surface area is 153 Å². The van der Waals surface area contributed by atoms with Gasteiger partial charge in [-0.25, -0.2) is 13.1 Å². The summed E-state index contributed by atoms with van der Waals surface area (Å²) in [6, 6.07) is 12.8. The second-order valence-electron chi connectivity index (χ2n) is 6.90. The molecule has 2 N–H and O–H groups in total. The van der Waals surface area contributed by atoms with Crippen molar-refractivity contribution in [1.29, 1.82) is 0 Å². The second kappa shape index (κ2) is 7.84. The Kier molecular flexibility index (Phi) is 5.99. The molecule has 0 spiro atoms. The zero-order valence-corrected chi connectivity index (χ0v) is 15.8. The van der Waals surface area contributed by atoms with Gasteiger partial charge in [0.15, 0.2) is 0 Å². The average Bonchev–Trinajstić information content (AvgIpc) is 2.58. The molecule has 0 unspecified atom stereocenters. The molecule has 26 heavy (non-hydrogen) atoms. The van der Waals surface area contributed by atoms with Crippen molar-refractivity contribution in [2.45, 2.75) is 31.1 Å². The summed E-state index contributed by atoms with van der Waals surface area (Å²) in [6.07, 6.45) is 0. The fraction of sp³-hybridized carbons (Fsp3) is 0.333. The molecule has 0 aromatic heterocycles. The summed E-state index contributed by atoms with van der Waals surface area (Å²) in [7, 11) is -3.57. The molecule has 140 valence electrons. The van der Waals surface area contributed by atoms with Crippen LogP contribution in [0.5, 0.6) is 0 Å². The molecule has 0 saturated heterocycles. The van der Waals surface area contributed by atoms with Crippen LogP contribution in [0.3, 0.4) is 0 Å². The van der Waals surface area contributed by atoms with Crippen LogP contribution in [-0.2, 0) is 15.4 Å². The van der Waals surface area contributed by atoms with Gasteiger partial charge in [-0.3, -0.25) is 10.1 Å². The molecule has 0 saturated carbocycles. The number of rotatable bonds is 7. The van der Waals surface area contributed by atoms with Crippen molar-refractivity contribution in [2.75, 3.05) is 18.4 Å². The van der Waals surface area contributed by atoms with E-state index in [-0.39, 0.29) is 22.5 Å². The minimum Gasteiger partial charge on any atom is -0.384 e. The largest absolute Gasteiger partial charge is 0.384 e. The van der Waals surface area contributed by atoms with Gasteiger partial charge in [0.1, 0.15) is 0 Å². The molecular formula is C18H23N3O4S. The van der Waals surface area contributed by atoms with E-state index in [0.717, 1.165) is 5.56 Å². The lowest BCUT2D eigenvalue weighted by atomic mass is 9.87. The minimum absolute atomic E-state index is 0.00922. The summed E-state index contributed by atoms with van der Waals surface area (Å²) < 4.78 is 27.2. The molecule has 2 aromatic carbocycles. The zero-order chi connectivity index (χ0) is 19.4. The van der Waals surface area contributed by atoms with Gasteiger partial charge in [0.2, 0.25) is 10.0 Å². The summed E-state index contributed by atoms with van der Waals surface area (Å²) >= 11 is 0. The molecule has 0 heterocycles. The summed E-state index contributed by atoms with van der Waals surface area (Å²) in [5.41, 5.74) is 1.72. The van der Waals surface area contributed by atoms with E-state index in [2.05, 4.69) is 30.8 Å². The third-order valence-corrected chi connectivity index (χ3v) is 5.33. The van der Waals surface area contributed by atoms with Gasteiger partial charge in [0.05, 0.1) is 9.82 Å². The maximum Gasteiger partial charge on any atom is 0.269 e. The number of hydrogen-bond donors (Lipinski definition) is 2. The monoisotopic (exact) mass is 377 g/mol. The van der Waals surface area contributed by atoms with Crippen LogP contribution in [-0.4, -0.2) is 26.4 Å². The van der Waals surface area contributed by atoms with E-state index < -0.39 is 14.9 Å². The molecule has 0 amide bonds. The number of nitrogens with one attached hydrogen (secondary N) is 2. The molecule has 0 atom stereocenters. The molecule has 0 aliphatic heterocycles. The van der Waals surface area contributed by atoms with Crippen molar-refractivity contribution >= 4 is 21.4 Å². The Morgan fingerprint density at radius 2 is 1.54 bits per heavy atom. The van der Waals surface area contributed by atoms with Crippen LogP contribution in [0.1, 0.15) is 26.3 Å². The molecule has 7 nitrogen and oxygen atoms in total. The standard InChI is InChI=1S/C18H23N3O4S/c1-18(2,3)14-4-10-17(11-5-14)26(24,25)20-13-12-19-15-6-8-16(9-7-15)21(22)23/h4-11,19-20H,12-13H2,1-3H3. The van der Waals surface area contributed by atoms with Gasteiger partial charge in [-0.2, -0.15) is 0 Å². The molecular weight excluding hydrogens is 354 g/mol. The van der Waals surface area contributed by atoms with Gasteiger partial charge in [-0.15, -0.1) is 0 Å². The molecule has 0 radical (unpaired) electrons. The van der Waals surface area contributed by atoms with Crippen molar-refractivity contribution in [3.8, 4) is 0 Å². The Hall–Kier alpha value is -2.45. The van der Waals surface area contributed by atoms with Crippen LogP contribution < -0.4 is 10.0 Å². The number of benzene rings is 2. The topological polar surface area (TPSA) is 101 Å². The first-order valence-electron chi connectivity index (χ1n) is 8.18. The van der Waals surface area contributed by atoms with Gasteiger partial charge in [-0.05, 0) is 35.2 Å². The van der Waals surface area contributed by atoms with Crippen molar-refractivity contribution < 1.29 is 13.3 Å². The first-order chi connectivity index (χ1) is 12.1.